The lowest BCUT2D eigenvalue weighted by atomic mass is 10.1. The van der Waals surface area contributed by atoms with Gasteiger partial charge in [-0.3, -0.25) is 9.00 Å². The molecule has 0 bridgehead atoms. The van der Waals surface area contributed by atoms with Crippen LogP contribution in [0.25, 0.3) is 0 Å². The number of hydrogen-bond acceptors (Lipinski definition) is 3. The van der Waals surface area contributed by atoms with Crippen LogP contribution >= 0.6 is 0 Å². The monoisotopic (exact) mass is 218 g/mol. The number of hydrogen-bond donors (Lipinski definition) is 2. The third-order valence-electron chi connectivity index (χ3n) is 2.31. The highest BCUT2D eigenvalue weighted by Crippen LogP contribution is 2.07. The molecule has 82 valence electrons. The van der Waals surface area contributed by atoms with Crippen molar-refractivity contribution >= 4 is 16.7 Å². The van der Waals surface area contributed by atoms with E-state index in [4.69, 9.17) is 0 Å². The van der Waals surface area contributed by atoms with E-state index in [2.05, 4.69) is 10.6 Å². The molecule has 4 nitrogen and oxygen atoms in total. The number of carbonyl (C=O) groups excluding carboxylic acids is 1. The zero-order valence-electron chi connectivity index (χ0n) is 8.54. The molecule has 1 fully saturated rings. The fraction of sp³-hybridized carbons (Fsp3) is 0.889. The fourth-order valence-electron chi connectivity index (χ4n) is 1.56. The van der Waals surface area contributed by atoms with E-state index in [1.807, 2.05) is 0 Å². The van der Waals surface area contributed by atoms with Crippen molar-refractivity contribution < 1.29 is 9.00 Å². The van der Waals surface area contributed by atoms with Crippen molar-refractivity contribution in [3.63, 3.8) is 0 Å². The van der Waals surface area contributed by atoms with Crippen LogP contribution in [0.15, 0.2) is 0 Å². The van der Waals surface area contributed by atoms with Gasteiger partial charge in [0.2, 0.25) is 5.91 Å². The standard InChI is InChI=1S/C9H18N2O2S/c1-14(13)6-5-11-9(12)7-8-3-2-4-10-8/h8,10H,2-7H2,1H3,(H,11,12). The van der Waals surface area contributed by atoms with E-state index in [9.17, 15) is 9.00 Å². The molecule has 1 aliphatic heterocycles. The second-order valence-electron chi connectivity index (χ2n) is 3.62. The quantitative estimate of drug-likeness (QED) is 0.661. The van der Waals surface area contributed by atoms with Gasteiger partial charge in [-0.25, -0.2) is 0 Å². The van der Waals surface area contributed by atoms with E-state index in [-0.39, 0.29) is 5.91 Å². The Hall–Kier alpha value is -0.420. The van der Waals surface area contributed by atoms with Gasteiger partial charge in [0, 0.05) is 41.8 Å². The Morgan fingerprint density at radius 1 is 1.64 bits per heavy atom. The van der Waals surface area contributed by atoms with Crippen LogP contribution in [0.5, 0.6) is 0 Å². The molecule has 0 aromatic carbocycles. The molecule has 1 aliphatic rings. The summed E-state index contributed by atoms with van der Waals surface area (Å²) < 4.78 is 10.7. The van der Waals surface area contributed by atoms with Gasteiger partial charge >= 0.3 is 0 Å². The Morgan fingerprint density at radius 3 is 3.00 bits per heavy atom. The van der Waals surface area contributed by atoms with Gasteiger partial charge in [0.25, 0.3) is 0 Å². The highest BCUT2D eigenvalue weighted by Gasteiger charge is 2.16. The molecule has 0 spiro atoms. The molecule has 2 N–H and O–H groups in total. The first-order valence-electron chi connectivity index (χ1n) is 4.98. The Morgan fingerprint density at radius 2 is 2.43 bits per heavy atom. The van der Waals surface area contributed by atoms with Crippen LogP contribution in [0.2, 0.25) is 0 Å². The Labute approximate surface area is 87.3 Å². The summed E-state index contributed by atoms with van der Waals surface area (Å²) in [6, 6.07) is 0.349. The van der Waals surface area contributed by atoms with Crippen LogP contribution in [0.4, 0.5) is 0 Å². The van der Waals surface area contributed by atoms with Gasteiger partial charge in [0.05, 0.1) is 0 Å². The molecule has 5 heteroatoms. The van der Waals surface area contributed by atoms with Crippen LogP contribution in [-0.2, 0) is 15.6 Å². The van der Waals surface area contributed by atoms with Crippen LogP contribution in [0, 0.1) is 0 Å². The summed E-state index contributed by atoms with van der Waals surface area (Å²) in [5, 5.41) is 6.03. The van der Waals surface area contributed by atoms with Crippen molar-refractivity contribution in [1.29, 1.82) is 0 Å². The average molecular weight is 218 g/mol. The van der Waals surface area contributed by atoms with Crippen molar-refractivity contribution in [2.45, 2.75) is 25.3 Å². The topological polar surface area (TPSA) is 58.2 Å². The third-order valence-corrected chi connectivity index (χ3v) is 3.08. The molecule has 1 amide bonds. The van der Waals surface area contributed by atoms with Gasteiger partial charge in [-0.2, -0.15) is 0 Å². The Balaban J connectivity index is 2.06. The lowest BCUT2D eigenvalue weighted by molar-refractivity contribution is -0.121. The maximum absolute atomic E-state index is 11.3. The molecule has 2 unspecified atom stereocenters. The fourth-order valence-corrected chi connectivity index (χ4v) is 1.95. The molecule has 0 saturated carbocycles. The van der Waals surface area contributed by atoms with Gasteiger partial charge in [0.15, 0.2) is 0 Å². The molecular weight excluding hydrogens is 200 g/mol. The summed E-state index contributed by atoms with van der Waals surface area (Å²) >= 11 is 0. The van der Waals surface area contributed by atoms with Crippen molar-refractivity contribution in [2.75, 3.05) is 25.1 Å². The number of amides is 1. The van der Waals surface area contributed by atoms with Crippen LogP contribution in [0.3, 0.4) is 0 Å². The molecule has 0 aromatic rings. The first-order valence-corrected chi connectivity index (χ1v) is 6.71. The van der Waals surface area contributed by atoms with Crippen molar-refractivity contribution in [3.05, 3.63) is 0 Å². The minimum atomic E-state index is -0.816. The summed E-state index contributed by atoms with van der Waals surface area (Å²) in [4.78, 5) is 11.3. The Bertz CT molecular complexity index is 215. The smallest absolute Gasteiger partial charge is 0.221 e. The summed E-state index contributed by atoms with van der Waals surface area (Å²) in [6.45, 7) is 1.55. The maximum Gasteiger partial charge on any atom is 0.221 e. The first-order chi connectivity index (χ1) is 6.68. The van der Waals surface area contributed by atoms with Gasteiger partial charge in [-0.1, -0.05) is 0 Å². The van der Waals surface area contributed by atoms with Gasteiger partial charge in [0.1, 0.15) is 0 Å². The maximum atomic E-state index is 11.3. The lowest BCUT2D eigenvalue weighted by Crippen LogP contribution is -2.33. The molecule has 0 radical (unpaired) electrons. The average Bonchev–Trinajstić information content (AvgIpc) is 2.56. The summed E-state index contributed by atoms with van der Waals surface area (Å²) in [7, 11) is -0.816. The summed E-state index contributed by atoms with van der Waals surface area (Å²) in [5.41, 5.74) is 0. The Kier molecular flexibility index (Phi) is 5.11. The second kappa shape index (κ2) is 6.14. The number of rotatable bonds is 5. The molecule has 0 aromatic heterocycles. The van der Waals surface area contributed by atoms with E-state index in [1.165, 1.54) is 0 Å². The van der Waals surface area contributed by atoms with Gasteiger partial charge < -0.3 is 10.6 Å². The van der Waals surface area contributed by atoms with Crippen molar-refractivity contribution in [1.82, 2.24) is 10.6 Å². The SMILES string of the molecule is CS(=O)CCNC(=O)CC1CCCN1. The highest BCUT2D eigenvalue weighted by atomic mass is 32.2. The van der Waals surface area contributed by atoms with Crippen LogP contribution in [-0.4, -0.2) is 41.3 Å². The lowest BCUT2D eigenvalue weighted by Gasteiger charge is -2.09. The van der Waals surface area contributed by atoms with Crippen LogP contribution < -0.4 is 10.6 Å². The third kappa shape index (κ3) is 4.72. The summed E-state index contributed by atoms with van der Waals surface area (Å²) in [6.07, 6.45) is 4.45. The summed E-state index contributed by atoms with van der Waals surface area (Å²) in [5.74, 6) is 0.610. The van der Waals surface area contributed by atoms with E-state index in [0.717, 1.165) is 19.4 Å². The highest BCUT2D eigenvalue weighted by molar-refractivity contribution is 7.84. The number of nitrogens with one attached hydrogen (secondary N) is 2. The zero-order valence-corrected chi connectivity index (χ0v) is 9.36. The van der Waals surface area contributed by atoms with E-state index in [1.54, 1.807) is 6.26 Å². The van der Waals surface area contributed by atoms with Crippen LogP contribution in [0.1, 0.15) is 19.3 Å². The molecular formula is C9H18N2O2S. The molecule has 1 heterocycles. The van der Waals surface area contributed by atoms with Gasteiger partial charge in [-0.15, -0.1) is 0 Å². The minimum absolute atomic E-state index is 0.0647. The predicted molar refractivity (Wildman–Crippen MR) is 57.6 cm³/mol. The van der Waals surface area contributed by atoms with Crippen molar-refractivity contribution in [2.24, 2.45) is 0 Å². The molecule has 0 aliphatic carbocycles. The molecule has 1 saturated heterocycles. The molecule has 2 atom stereocenters. The largest absolute Gasteiger partial charge is 0.355 e. The number of carbonyl (C=O) groups is 1. The van der Waals surface area contributed by atoms with E-state index >= 15 is 0 Å². The molecule has 14 heavy (non-hydrogen) atoms. The normalized spacial score (nSPS) is 23.4. The van der Waals surface area contributed by atoms with E-state index < -0.39 is 10.8 Å². The minimum Gasteiger partial charge on any atom is -0.355 e. The van der Waals surface area contributed by atoms with E-state index in [0.29, 0.717) is 24.8 Å². The first kappa shape index (κ1) is 11.7. The second-order valence-corrected chi connectivity index (χ2v) is 5.18. The predicted octanol–water partition coefficient (Wildman–Crippen LogP) is -0.377. The van der Waals surface area contributed by atoms with Gasteiger partial charge in [-0.05, 0) is 19.4 Å². The van der Waals surface area contributed by atoms with Crippen molar-refractivity contribution in [3.8, 4) is 0 Å². The zero-order chi connectivity index (χ0) is 10.4. The molecule has 1 rings (SSSR count).